The lowest BCUT2D eigenvalue weighted by atomic mass is 10.0. The fourth-order valence-corrected chi connectivity index (χ4v) is 3.11. The summed E-state index contributed by atoms with van der Waals surface area (Å²) >= 11 is 0. The van der Waals surface area contributed by atoms with E-state index in [1.807, 2.05) is 19.1 Å². The quantitative estimate of drug-likeness (QED) is 0.480. The van der Waals surface area contributed by atoms with Gasteiger partial charge in [-0.15, -0.1) is 0 Å². The molecule has 3 atom stereocenters. The van der Waals surface area contributed by atoms with Gasteiger partial charge in [0.25, 0.3) is 0 Å². The molecule has 1 aromatic rings. The van der Waals surface area contributed by atoms with Gasteiger partial charge in [0.2, 0.25) is 0 Å². The molecule has 1 aliphatic carbocycles. The Bertz CT molecular complexity index is 529. The lowest BCUT2D eigenvalue weighted by Gasteiger charge is -2.15. The summed E-state index contributed by atoms with van der Waals surface area (Å²) in [6.07, 6.45) is 3.89. The van der Waals surface area contributed by atoms with Gasteiger partial charge >= 0.3 is 0 Å². The third-order valence-corrected chi connectivity index (χ3v) is 4.50. The van der Waals surface area contributed by atoms with Gasteiger partial charge in [0.15, 0.2) is 5.96 Å². The minimum atomic E-state index is -0.125. The van der Waals surface area contributed by atoms with E-state index in [0.29, 0.717) is 12.5 Å². The lowest BCUT2D eigenvalue weighted by Crippen LogP contribution is -2.39. The van der Waals surface area contributed by atoms with Crippen LogP contribution < -0.4 is 10.6 Å². The lowest BCUT2D eigenvalue weighted by molar-refractivity contribution is 0.253. The van der Waals surface area contributed by atoms with Crippen LogP contribution in [0.1, 0.15) is 51.0 Å². The third kappa shape index (κ3) is 5.48. The molecule has 3 N–H and O–H groups in total. The zero-order valence-electron chi connectivity index (χ0n) is 14.8. The first-order chi connectivity index (χ1) is 11.7. The van der Waals surface area contributed by atoms with E-state index < -0.39 is 0 Å². The minimum Gasteiger partial charge on any atom is -0.396 e. The van der Waals surface area contributed by atoms with Gasteiger partial charge in [-0.3, -0.25) is 4.99 Å². The normalized spacial score (nSPS) is 21.4. The van der Waals surface area contributed by atoms with Crippen LogP contribution in [-0.2, 0) is 0 Å². The molecule has 0 saturated heterocycles. The van der Waals surface area contributed by atoms with E-state index in [4.69, 9.17) is 5.11 Å². The number of nitrogens with one attached hydrogen (secondary N) is 2. The van der Waals surface area contributed by atoms with Crippen LogP contribution in [-0.4, -0.2) is 36.8 Å². The van der Waals surface area contributed by atoms with E-state index in [-0.39, 0.29) is 24.4 Å². The number of rotatable bonds is 9. The number of nitrogens with zero attached hydrogens (tertiary/aromatic N) is 1. The summed E-state index contributed by atoms with van der Waals surface area (Å²) in [5, 5.41) is 15.8. The molecule has 4 nitrogen and oxygen atoms in total. The molecule has 5 heteroatoms. The molecular formula is C19H30FN3O. The largest absolute Gasteiger partial charge is 0.396 e. The van der Waals surface area contributed by atoms with Crippen LogP contribution in [0.4, 0.5) is 4.39 Å². The number of aliphatic hydroxyl groups is 1. The predicted octanol–water partition coefficient (Wildman–Crippen LogP) is 3.04. The summed E-state index contributed by atoms with van der Waals surface area (Å²) < 4.78 is 13.9. The number of benzene rings is 1. The van der Waals surface area contributed by atoms with E-state index in [2.05, 4.69) is 22.5 Å². The molecule has 0 heterocycles. The summed E-state index contributed by atoms with van der Waals surface area (Å²) in [7, 11) is 0. The molecule has 134 valence electrons. The Hall–Kier alpha value is -1.62. The van der Waals surface area contributed by atoms with Gasteiger partial charge < -0.3 is 15.7 Å². The van der Waals surface area contributed by atoms with Gasteiger partial charge in [-0.05, 0) is 43.7 Å². The summed E-state index contributed by atoms with van der Waals surface area (Å²) in [6, 6.07) is 7.24. The molecule has 3 unspecified atom stereocenters. The van der Waals surface area contributed by atoms with E-state index in [1.54, 1.807) is 6.07 Å². The molecule has 0 radical (unpaired) electrons. The average Bonchev–Trinajstić information content (AvgIpc) is 3.32. The highest BCUT2D eigenvalue weighted by molar-refractivity contribution is 5.80. The van der Waals surface area contributed by atoms with Gasteiger partial charge in [0.05, 0.1) is 0 Å². The summed E-state index contributed by atoms with van der Waals surface area (Å²) in [5.41, 5.74) is 0.787. The molecule has 0 aliphatic heterocycles. The molecule has 0 aromatic heterocycles. The fraction of sp³-hybridized carbons (Fsp3) is 0.632. The number of hydrogen-bond acceptors (Lipinski definition) is 2. The van der Waals surface area contributed by atoms with E-state index in [0.717, 1.165) is 43.8 Å². The fourth-order valence-electron chi connectivity index (χ4n) is 3.11. The van der Waals surface area contributed by atoms with Crippen molar-refractivity contribution in [1.82, 2.24) is 10.6 Å². The van der Waals surface area contributed by atoms with Gasteiger partial charge in [-0.1, -0.05) is 31.5 Å². The molecule has 0 spiro atoms. The Labute approximate surface area is 144 Å². The van der Waals surface area contributed by atoms with Gasteiger partial charge in [-0.25, -0.2) is 4.39 Å². The van der Waals surface area contributed by atoms with Crippen LogP contribution in [0.25, 0.3) is 0 Å². The van der Waals surface area contributed by atoms with Crippen molar-refractivity contribution in [2.45, 2.75) is 51.5 Å². The molecule has 1 fully saturated rings. The molecule has 0 amide bonds. The van der Waals surface area contributed by atoms with Crippen LogP contribution in [0.2, 0.25) is 0 Å². The summed E-state index contributed by atoms with van der Waals surface area (Å²) in [5.74, 6) is 1.30. The third-order valence-electron chi connectivity index (χ3n) is 4.50. The first kappa shape index (κ1) is 18.7. The Balaban J connectivity index is 1.92. The standard InChI is InChI=1S/C19H30FN3O/c1-3-7-14(10-11-24)13-22-19(21-4-2)23-18-12-16(18)15-8-5-6-9-17(15)20/h5-6,8-9,14,16,18,24H,3-4,7,10-13H2,1-2H3,(H2,21,22,23). The zero-order valence-corrected chi connectivity index (χ0v) is 14.8. The highest BCUT2D eigenvalue weighted by Crippen LogP contribution is 2.41. The first-order valence-corrected chi connectivity index (χ1v) is 9.09. The summed E-state index contributed by atoms with van der Waals surface area (Å²) in [6.45, 7) is 5.90. The van der Waals surface area contributed by atoms with Gasteiger partial charge in [0.1, 0.15) is 5.82 Å². The highest BCUT2D eigenvalue weighted by atomic mass is 19.1. The molecule has 1 saturated carbocycles. The second kappa shape index (κ2) is 9.62. The molecule has 2 rings (SSSR count). The molecule has 1 aliphatic rings. The van der Waals surface area contributed by atoms with Crippen LogP contribution in [0.3, 0.4) is 0 Å². The molecule has 0 bridgehead atoms. The maximum atomic E-state index is 13.9. The minimum absolute atomic E-state index is 0.125. The second-order valence-corrected chi connectivity index (χ2v) is 6.50. The van der Waals surface area contributed by atoms with Gasteiger partial charge in [0, 0.05) is 31.7 Å². The Morgan fingerprint density at radius 2 is 2.12 bits per heavy atom. The van der Waals surface area contributed by atoms with Crippen LogP contribution in [0, 0.1) is 11.7 Å². The zero-order chi connectivity index (χ0) is 17.4. The van der Waals surface area contributed by atoms with Crippen molar-refractivity contribution in [2.75, 3.05) is 19.7 Å². The predicted molar refractivity (Wildman–Crippen MR) is 96.8 cm³/mol. The highest BCUT2D eigenvalue weighted by Gasteiger charge is 2.40. The maximum Gasteiger partial charge on any atom is 0.191 e. The Kier molecular flexibility index (Phi) is 7.50. The Morgan fingerprint density at radius 3 is 2.79 bits per heavy atom. The monoisotopic (exact) mass is 335 g/mol. The van der Waals surface area contributed by atoms with Crippen molar-refractivity contribution in [2.24, 2.45) is 10.9 Å². The van der Waals surface area contributed by atoms with E-state index in [1.165, 1.54) is 6.07 Å². The van der Waals surface area contributed by atoms with Crippen molar-refractivity contribution < 1.29 is 9.50 Å². The number of halogens is 1. The summed E-state index contributed by atoms with van der Waals surface area (Å²) in [4.78, 5) is 4.67. The van der Waals surface area contributed by atoms with Crippen molar-refractivity contribution in [1.29, 1.82) is 0 Å². The maximum absolute atomic E-state index is 13.9. The van der Waals surface area contributed by atoms with E-state index >= 15 is 0 Å². The van der Waals surface area contributed by atoms with Crippen LogP contribution >= 0.6 is 0 Å². The smallest absolute Gasteiger partial charge is 0.191 e. The topological polar surface area (TPSA) is 56.7 Å². The molecule has 1 aromatic carbocycles. The van der Waals surface area contributed by atoms with E-state index in [9.17, 15) is 4.39 Å². The average molecular weight is 335 g/mol. The molecular weight excluding hydrogens is 305 g/mol. The molecule has 24 heavy (non-hydrogen) atoms. The van der Waals surface area contributed by atoms with Crippen LogP contribution in [0.5, 0.6) is 0 Å². The second-order valence-electron chi connectivity index (χ2n) is 6.50. The number of aliphatic imine (C=N–C) groups is 1. The number of aliphatic hydroxyl groups excluding tert-OH is 1. The van der Waals surface area contributed by atoms with Crippen molar-refractivity contribution in [3.8, 4) is 0 Å². The number of hydrogen-bond donors (Lipinski definition) is 3. The van der Waals surface area contributed by atoms with Crippen molar-refractivity contribution in [3.05, 3.63) is 35.6 Å². The van der Waals surface area contributed by atoms with Crippen molar-refractivity contribution >= 4 is 5.96 Å². The number of guanidine groups is 1. The first-order valence-electron chi connectivity index (χ1n) is 9.09. The van der Waals surface area contributed by atoms with Crippen LogP contribution in [0.15, 0.2) is 29.3 Å². The SMILES string of the molecule is CCCC(CCO)CN=C(NCC)NC1CC1c1ccccc1F. The van der Waals surface area contributed by atoms with Gasteiger partial charge in [-0.2, -0.15) is 0 Å². The Morgan fingerprint density at radius 1 is 1.33 bits per heavy atom. The van der Waals surface area contributed by atoms with Crippen molar-refractivity contribution in [3.63, 3.8) is 0 Å².